The van der Waals surface area contributed by atoms with Crippen LogP contribution in [0, 0.1) is 0 Å². The van der Waals surface area contributed by atoms with Crippen molar-refractivity contribution in [3.05, 3.63) is 57.6 Å². The van der Waals surface area contributed by atoms with E-state index in [0.717, 1.165) is 11.8 Å². The van der Waals surface area contributed by atoms with Gasteiger partial charge < -0.3 is 9.64 Å². The first-order chi connectivity index (χ1) is 11.5. The predicted octanol–water partition coefficient (Wildman–Crippen LogP) is 4.51. The Labute approximate surface area is 149 Å². The van der Waals surface area contributed by atoms with E-state index < -0.39 is 6.10 Å². The molecule has 0 spiro atoms. The van der Waals surface area contributed by atoms with E-state index in [1.807, 2.05) is 6.92 Å². The number of amides is 1. The zero-order valence-corrected chi connectivity index (χ0v) is 14.5. The van der Waals surface area contributed by atoms with Gasteiger partial charge in [-0.2, -0.15) is 0 Å². The highest BCUT2D eigenvalue weighted by Crippen LogP contribution is 2.37. The van der Waals surface area contributed by atoms with Crippen molar-refractivity contribution in [1.82, 2.24) is 0 Å². The Hall–Kier alpha value is -2.04. The number of carbonyl (C=O) groups excluding carboxylic acids is 2. The predicted molar refractivity (Wildman–Crippen MR) is 94.2 cm³/mol. The maximum atomic E-state index is 12.7. The van der Waals surface area contributed by atoms with Crippen molar-refractivity contribution in [2.75, 3.05) is 4.90 Å². The fourth-order valence-electron chi connectivity index (χ4n) is 2.66. The highest BCUT2D eigenvalue weighted by molar-refractivity contribution is 6.35. The largest absolute Gasteiger partial charge is 0.478 e. The molecule has 6 heteroatoms. The maximum absolute atomic E-state index is 12.7. The molecule has 1 heterocycles. The topological polar surface area (TPSA) is 46.6 Å². The number of aldehydes is 1. The fraction of sp³-hybridized carbons (Fsp3) is 0.222. The number of carbonyl (C=O) groups is 2. The molecular weight excluding hydrogens is 349 g/mol. The van der Waals surface area contributed by atoms with Crippen molar-refractivity contribution < 1.29 is 14.3 Å². The summed E-state index contributed by atoms with van der Waals surface area (Å²) in [5, 5.41) is 1.02. The standard InChI is InChI=1S/C18H15Cl2NO3/c1-2-16-18(23)21(9-12-4-5-13(19)8-14(12)20)15-7-11(10-22)3-6-17(15)24-16/h3-8,10,16H,2,9H2,1H3. The lowest BCUT2D eigenvalue weighted by Gasteiger charge is -2.34. The van der Waals surface area contributed by atoms with Crippen LogP contribution in [0.4, 0.5) is 5.69 Å². The van der Waals surface area contributed by atoms with Gasteiger partial charge in [-0.3, -0.25) is 9.59 Å². The summed E-state index contributed by atoms with van der Waals surface area (Å²) in [6, 6.07) is 10.2. The Kier molecular flexibility index (Phi) is 4.78. The van der Waals surface area contributed by atoms with Gasteiger partial charge in [0.25, 0.3) is 5.91 Å². The maximum Gasteiger partial charge on any atom is 0.268 e. The first kappa shape index (κ1) is 16.8. The monoisotopic (exact) mass is 363 g/mol. The molecule has 0 radical (unpaired) electrons. The fourth-order valence-corrected chi connectivity index (χ4v) is 3.12. The molecule has 2 aromatic rings. The molecule has 0 aliphatic carbocycles. The number of anilines is 1. The van der Waals surface area contributed by atoms with E-state index in [-0.39, 0.29) is 12.5 Å². The summed E-state index contributed by atoms with van der Waals surface area (Å²) >= 11 is 12.2. The third-order valence-electron chi connectivity index (χ3n) is 3.93. The van der Waals surface area contributed by atoms with Gasteiger partial charge in [0.15, 0.2) is 6.10 Å². The summed E-state index contributed by atoms with van der Waals surface area (Å²) < 4.78 is 5.75. The van der Waals surface area contributed by atoms with Crippen LogP contribution < -0.4 is 9.64 Å². The van der Waals surface area contributed by atoms with Crippen LogP contribution in [0.2, 0.25) is 10.0 Å². The zero-order valence-electron chi connectivity index (χ0n) is 13.0. The normalized spacial score (nSPS) is 16.5. The molecule has 0 N–H and O–H groups in total. The third kappa shape index (κ3) is 3.12. The molecule has 0 bridgehead atoms. The lowest BCUT2D eigenvalue weighted by Crippen LogP contribution is -2.45. The molecule has 1 amide bonds. The quantitative estimate of drug-likeness (QED) is 0.750. The van der Waals surface area contributed by atoms with E-state index in [0.29, 0.717) is 33.5 Å². The minimum absolute atomic E-state index is 0.154. The molecule has 1 unspecified atom stereocenters. The number of hydrogen-bond donors (Lipinski definition) is 0. The molecule has 0 saturated carbocycles. The van der Waals surface area contributed by atoms with Crippen molar-refractivity contribution in [2.45, 2.75) is 26.0 Å². The Morgan fingerprint density at radius 2 is 2.00 bits per heavy atom. The molecule has 0 aromatic heterocycles. The van der Waals surface area contributed by atoms with Crippen LogP contribution in [0.3, 0.4) is 0 Å². The number of rotatable bonds is 4. The van der Waals surface area contributed by atoms with Crippen molar-refractivity contribution in [3.8, 4) is 5.75 Å². The molecule has 0 saturated heterocycles. The summed E-state index contributed by atoms with van der Waals surface area (Å²) in [6.07, 6.45) is 0.744. The van der Waals surface area contributed by atoms with Crippen LogP contribution in [0.15, 0.2) is 36.4 Å². The van der Waals surface area contributed by atoms with E-state index in [2.05, 4.69) is 0 Å². The molecule has 2 aromatic carbocycles. The summed E-state index contributed by atoms with van der Waals surface area (Å²) in [5.74, 6) is 0.427. The summed E-state index contributed by atoms with van der Waals surface area (Å²) in [5.41, 5.74) is 1.82. The van der Waals surface area contributed by atoms with Crippen molar-refractivity contribution >= 4 is 41.1 Å². The van der Waals surface area contributed by atoms with Gasteiger partial charge in [-0.15, -0.1) is 0 Å². The van der Waals surface area contributed by atoms with E-state index in [9.17, 15) is 9.59 Å². The molecule has 24 heavy (non-hydrogen) atoms. The van der Waals surface area contributed by atoms with Crippen LogP contribution in [0.1, 0.15) is 29.3 Å². The van der Waals surface area contributed by atoms with E-state index in [4.69, 9.17) is 27.9 Å². The van der Waals surface area contributed by atoms with Gasteiger partial charge in [-0.05, 0) is 42.3 Å². The lowest BCUT2D eigenvalue weighted by molar-refractivity contribution is -0.126. The first-order valence-corrected chi connectivity index (χ1v) is 8.30. The highest BCUT2D eigenvalue weighted by Gasteiger charge is 2.33. The van der Waals surface area contributed by atoms with Gasteiger partial charge in [0, 0.05) is 15.6 Å². The number of fused-ring (bicyclic) bond motifs is 1. The van der Waals surface area contributed by atoms with Gasteiger partial charge in [-0.25, -0.2) is 0 Å². The van der Waals surface area contributed by atoms with E-state index in [1.54, 1.807) is 41.3 Å². The van der Waals surface area contributed by atoms with Crippen LogP contribution in [0.5, 0.6) is 5.75 Å². The Morgan fingerprint density at radius 3 is 2.67 bits per heavy atom. The number of benzene rings is 2. The van der Waals surface area contributed by atoms with Crippen LogP contribution >= 0.6 is 23.2 Å². The molecule has 124 valence electrons. The first-order valence-electron chi connectivity index (χ1n) is 7.54. The summed E-state index contributed by atoms with van der Waals surface area (Å²) in [7, 11) is 0. The van der Waals surface area contributed by atoms with Gasteiger partial charge in [0.05, 0.1) is 12.2 Å². The molecule has 1 aliphatic rings. The van der Waals surface area contributed by atoms with Crippen molar-refractivity contribution in [1.29, 1.82) is 0 Å². The van der Waals surface area contributed by atoms with Gasteiger partial charge >= 0.3 is 0 Å². The molecule has 4 nitrogen and oxygen atoms in total. The summed E-state index contributed by atoms with van der Waals surface area (Å²) in [6.45, 7) is 2.17. The minimum Gasteiger partial charge on any atom is -0.478 e. The number of halogens is 2. The average molecular weight is 364 g/mol. The lowest BCUT2D eigenvalue weighted by atomic mass is 10.1. The second-order valence-electron chi connectivity index (χ2n) is 5.52. The second-order valence-corrected chi connectivity index (χ2v) is 6.36. The van der Waals surface area contributed by atoms with Crippen LogP contribution in [0.25, 0.3) is 0 Å². The Bertz CT molecular complexity index is 807. The molecule has 3 rings (SSSR count). The molecule has 1 aliphatic heterocycles. The summed E-state index contributed by atoms with van der Waals surface area (Å²) in [4.78, 5) is 25.4. The third-order valence-corrected chi connectivity index (χ3v) is 4.52. The molecule has 0 fully saturated rings. The highest BCUT2D eigenvalue weighted by atomic mass is 35.5. The van der Waals surface area contributed by atoms with Crippen molar-refractivity contribution in [2.24, 2.45) is 0 Å². The van der Waals surface area contributed by atoms with Gasteiger partial charge in [-0.1, -0.05) is 36.2 Å². The van der Waals surface area contributed by atoms with E-state index >= 15 is 0 Å². The van der Waals surface area contributed by atoms with E-state index in [1.165, 1.54) is 0 Å². The van der Waals surface area contributed by atoms with Crippen molar-refractivity contribution in [3.63, 3.8) is 0 Å². The van der Waals surface area contributed by atoms with Gasteiger partial charge in [0.1, 0.15) is 12.0 Å². The van der Waals surface area contributed by atoms with Gasteiger partial charge in [0.2, 0.25) is 0 Å². The number of nitrogens with zero attached hydrogens (tertiary/aromatic N) is 1. The molecule has 1 atom stereocenters. The SMILES string of the molecule is CCC1Oc2ccc(C=O)cc2N(Cc2ccc(Cl)cc2Cl)C1=O. The minimum atomic E-state index is -0.550. The zero-order chi connectivity index (χ0) is 17.3. The second kappa shape index (κ2) is 6.83. The number of hydrogen-bond acceptors (Lipinski definition) is 3. The Morgan fingerprint density at radius 1 is 1.21 bits per heavy atom. The number of ether oxygens (including phenoxy) is 1. The van der Waals surface area contributed by atoms with Crippen LogP contribution in [-0.4, -0.2) is 18.3 Å². The smallest absolute Gasteiger partial charge is 0.268 e. The molecular formula is C18H15Cl2NO3. The van der Waals surface area contributed by atoms with Crippen LogP contribution in [-0.2, 0) is 11.3 Å². The average Bonchev–Trinajstić information content (AvgIpc) is 2.58. The Balaban J connectivity index is 2.04.